The van der Waals surface area contributed by atoms with Crippen molar-refractivity contribution >= 4 is 17.4 Å². The summed E-state index contributed by atoms with van der Waals surface area (Å²) in [6.45, 7) is 9.89. The second kappa shape index (κ2) is 11.6. The second-order valence-electron chi connectivity index (χ2n) is 11.0. The van der Waals surface area contributed by atoms with Gasteiger partial charge in [0.15, 0.2) is 0 Å². The van der Waals surface area contributed by atoms with Crippen LogP contribution in [0, 0.1) is 18.3 Å². The molecule has 9 heteroatoms. The van der Waals surface area contributed by atoms with Crippen LogP contribution in [-0.2, 0) is 24.1 Å². The molecule has 2 aliphatic heterocycles. The maximum Gasteiger partial charge on any atom is 0.318 e. The van der Waals surface area contributed by atoms with Gasteiger partial charge < -0.3 is 24.3 Å². The van der Waals surface area contributed by atoms with Crippen LogP contribution < -0.4 is 14.5 Å². The molecule has 1 aromatic carbocycles. The number of hydrogen-bond acceptors (Lipinski definition) is 8. The highest BCUT2D eigenvalue weighted by molar-refractivity contribution is 5.87. The Labute approximate surface area is 231 Å². The molecule has 39 heavy (non-hydrogen) atoms. The number of hydrogen-bond donors (Lipinski definition) is 0. The summed E-state index contributed by atoms with van der Waals surface area (Å²) in [6.07, 6.45) is 5.46. The maximum absolute atomic E-state index is 12.5. The van der Waals surface area contributed by atoms with E-state index in [1.807, 2.05) is 14.1 Å². The number of ether oxygens (including phenoxy) is 1. The van der Waals surface area contributed by atoms with Gasteiger partial charge in [0.2, 0.25) is 5.91 Å². The third kappa shape index (κ3) is 5.57. The number of aromatic nitrogens is 2. The van der Waals surface area contributed by atoms with E-state index in [0.717, 1.165) is 50.3 Å². The van der Waals surface area contributed by atoms with Crippen molar-refractivity contribution in [1.29, 1.82) is 5.26 Å². The zero-order valence-corrected chi connectivity index (χ0v) is 23.4. The van der Waals surface area contributed by atoms with Gasteiger partial charge in [-0.25, -0.2) is 0 Å². The van der Waals surface area contributed by atoms with Crippen LogP contribution in [-0.4, -0.2) is 91.2 Å². The Hall–Kier alpha value is -3.64. The fourth-order valence-electron chi connectivity index (χ4n) is 6.22. The van der Waals surface area contributed by atoms with Gasteiger partial charge in [-0.2, -0.15) is 15.2 Å². The molecule has 1 aliphatic carbocycles. The third-order valence-corrected chi connectivity index (χ3v) is 8.28. The predicted molar refractivity (Wildman–Crippen MR) is 152 cm³/mol. The number of aryl methyl sites for hydroxylation is 1. The average Bonchev–Trinajstić information content (AvgIpc) is 3.37. The number of anilines is 2. The van der Waals surface area contributed by atoms with Crippen LogP contribution >= 0.6 is 0 Å². The minimum absolute atomic E-state index is 0.128. The van der Waals surface area contributed by atoms with Crippen LogP contribution in [0.5, 0.6) is 6.01 Å². The molecule has 1 unspecified atom stereocenters. The minimum atomic E-state index is -0.210. The lowest BCUT2D eigenvalue weighted by molar-refractivity contribution is -0.128. The van der Waals surface area contributed by atoms with Crippen molar-refractivity contribution in [2.24, 2.45) is 0 Å². The number of benzene rings is 1. The molecular formula is C30H39N7O2. The first kappa shape index (κ1) is 26.9. The van der Waals surface area contributed by atoms with E-state index in [-0.39, 0.29) is 18.4 Å². The number of nitriles is 1. The molecule has 0 saturated carbocycles. The van der Waals surface area contributed by atoms with E-state index in [1.54, 1.807) is 4.90 Å². The molecule has 2 aromatic rings. The Bertz CT molecular complexity index is 1270. The number of nitrogens with zero attached hydrogens (tertiary/aromatic N) is 7. The van der Waals surface area contributed by atoms with Crippen LogP contribution in [0.4, 0.5) is 11.5 Å². The molecule has 9 nitrogen and oxygen atoms in total. The van der Waals surface area contributed by atoms with Gasteiger partial charge in [-0.15, -0.1) is 0 Å². The van der Waals surface area contributed by atoms with E-state index in [4.69, 9.17) is 14.7 Å². The molecule has 3 aliphatic rings. The number of amides is 1. The first-order valence-electron chi connectivity index (χ1n) is 14.0. The number of rotatable bonds is 8. The van der Waals surface area contributed by atoms with Crippen molar-refractivity contribution in [3.63, 3.8) is 0 Å². The minimum Gasteiger partial charge on any atom is -0.462 e. The molecule has 206 valence electrons. The first-order chi connectivity index (χ1) is 18.9. The third-order valence-electron chi connectivity index (χ3n) is 8.28. The fourth-order valence-corrected chi connectivity index (χ4v) is 6.22. The fraction of sp³-hybridized carbons (Fsp3) is 0.533. The monoisotopic (exact) mass is 529 g/mol. The van der Waals surface area contributed by atoms with Crippen LogP contribution in [0.2, 0.25) is 0 Å². The number of carbonyl (C=O) groups excluding carboxylic acids is 1. The Balaban J connectivity index is 1.43. The molecule has 5 rings (SSSR count). The highest BCUT2D eigenvalue weighted by Crippen LogP contribution is 2.38. The Kier molecular flexibility index (Phi) is 8.03. The van der Waals surface area contributed by atoms with E-state index in [9.17, 15) is 10.1 Å². The highest BCUT2D eigenvalue weighted by atomic mass is 16.5. The number of piperazine rings is 1. The van der Waals surface area contributed by atoms with Crippen molar-refractivity contribution in [3.05, 3.63) is 53.2 Å². The predicted octanol–water partition coefficient (Wildman–Crippen LogP) is 2.76. The summed E-state index contributed by atoms with van der Waals surface area (Å²) in [4.78, 5) is 30.9. The lowest BCUT2D eigenvalue weighted by Gasteiger charge is -2.42. The molecule has 0 spiro atoms. The van der Waals surface area contributed by atoms with Gasteiger partial charge in [-0.3, -0.25) is 4.79 Å². The molecule has 1 aromatic heterocycles. The lowest BCUT2D eigenvalue weighted by atomic mass is 9.90. The molecular weight excluding hydrogens is 490 g/mol. The Morgan fingerprint density at radius 1 is 1.23 bits per heavy atom. The van der Waals surface area contributed by atoms with Crippen molar-refractivity contribution in [2.75, 3.05) is 63.2 Å². The van der Waals surface area contributed by atoms with E-state index < -0.39 is 0 Å². The second-order valence-corrected chi connectivity index (χ2v) is 11.0. The van der Waals surface area contributed by atoms with Gasteiger partial charge in [0.05, 0.1) is 24.2 Å². The Morgan fingerprint density at radius 3 is 2.85 bits per heavy atom. The summed E-state index contributed by atoms with van der Waals surface area (Å²) in [5.41, 5.74) is 6.43. The van der Waals surface area contributed by atoms with Gasteiger partial charge >= 0.3 is 6.01 Å². The summed E-state index contributed by atoms with van der Waals surface area (Å²) in [5.74, 6) is 0.765. The van der Waals surface area contributed by atoms with Crippen molar-refractivity contribution in [2.45, 2.75) is 51.1 Å². The summed E-state index contributed by atoms with van der Waals surface area (Å²) < 4.78 is 6.06. The van der Waals surface area contributed by atoms with Crippen LogP contribution in [0.1, 0.15) is 35.2 Å². The lowest BCUT2D eigenvalue weighted by Crippen LogP contribution is -2.55. The largest absolute Gasteiger partial charge is 0.462 e. The van der Waals surface area contributed by atoms with Gasteiger partial charge in [0, 0.05) is 56.4 Å². The van der Waals surface area contributed by atoms with Crippen LogP contribution in [0.25, 0.3) is 0 Å². The molecule has 1 amide bonds. The van der Waals surface area contributed by atoms with Crippen LogP contribution in [0.3, 0.4) is 0 Å². The normalized spacial score (nSPS) is 20.4. The number of likely N-dealkylation sites (N-methyl/N-ethyl adjacent to an activating group) is 1. The summed E-state index contributed by atoms with van der Waals surface area (Å²) >= 11 is 0. The molecule has 0 N–H and O–H groups in total. The summed E-state index contributed by atoms with van der Waals surface area (Å²) in [5, 5.41) is 9.46. The van der Waals surface area contributed by atoms with Crippen molar-refractivity contribution in [3.8, 4) is 12.1 Å². The standard InChI is InChI=1S/C30H39N7O2/c1-5-28(38)37-16-15-35(20-23(37)11-13-31)29-25-10-9-22(36-14-12-24-21(2)7-6-8-27(24)36)19-26(25)32-30(33-29)39-18-17-34(3)4/h5-8,22-23H,1,9-12,14-20H2,2-4H3/t22?,23-/m0/s1. The van der Waals surface area contributed by atoms with Crippen molar-refractivity contribution in [1.82, 2.24) is 19.8 Å². The highest BCUT2D eigenvalue weighted by Gasteiger charge is 2.35. The zero-order valence-electron chi connectivity index (χ0n) is 23.4. The number of fused-ring (bicyclic) bond motifs is 2. The average molecular weight is 530 g/mol. The van der Waals surface area contributed by atoms with Gasteiger partial charge in [0.1, 0.15) is 12.4 Å². The smallest absolute Gasteiger partial charge is 0.318 e. The van der Waals surface area contributed by atoms with Crippen molar-refractivity contribution < 1.29 is 9.53 Å². The zero-order chi connectivity index (χ0) is 27.5. The first-order valence-corrected chi connectivity index (χ1v) is 14.0. The summed E-state index contributed by atoms with van der Waals surface area (Å²) in [6, 6.07) is 9.46. The van der Waals surface area contributed by atoms with E-state index in [2.05, 4.69) is 52.5 Å². The Morgan fingerprint density at radius 2 is 2.08 bits per heavy atom. The SMILES string of the molecule is C=CC(=O)N1CCN(c2nc(OCCN(C)C)nc3c2CCC(N2CCc4c(C)cccc42)C3)C[C@@H]1CC#N. The quantitative estimate of drug-likeness (QED) is 0.483. The molecule has 1 fully saturated rings. The molecule has 0 radical (unpaired) electrons. The van der Waals surface area contributed by atoms with Gasteiger partial charge in [-0.1, -0.05) is 18.7 Å². The maximum atomic E-state index is 12.5. The van der Waals surface area contributed by atoms with E-state index in [0.29, 0.717) is 38.3 Å². The summed E-state index contributed by atoms with van der Waals surface area (Å²) in [7, 11) is 4.03. The number of carbonyl (C=O) groups is 1. The van der Waals surface area contributed by atoms with E-state index in [1.165, 1.54) is 28.5 Å². The topological polar surface area (TPSA) is 88.8 Å². The molecule has 3 heterocycles. The van der Waals surface area contributed by atoms with Crippen LogP contribution in [0.15, 0.2) is 30.9 Å². The van der Waals surface area contributed by atoms with E-state index >= 15 is 0 Å². The molecule has 0 bridgehead atoms. The molecule has 1 saturated heterocycles. The van der Waals surface area contributed by atoms with Gasteiger partial charge in [-0.05, 0) is 63.6 Å². The molecule has 2 atom stereocenters. The van der Waals surface area contributed by atoms with Gasteiger partial charge in [0.25, 0.3) is 0 Å².